The maximum Gasteiger partial charge on any atom is 0.263 e. The van der Waals surface area contributed by atoms with Gasteiger partial charge in [-0.05, 0) is 25.3 Å². The van der Waals surface area contributed by atoms with Gasteiger partial charge in [0.15, 0.2) is 11.9 Å². The number of carbonyl (C=O) groups is 1. The lowest BCUT2D eigenvalue weighted by atomic mass is 9.80. The summed E-state index contributed by atoms with van der Waals surface area (Å²) in [4.78, 5) is 27.5. The number of aromatic nitrogens is 1. The molecule has 1 atom stereocenters. The van der Waals surface area contributed by atoms with Gasteiger partial charge in [-0.25, -0.2) is 4.98 Å². The van der Waals surface area contributed by atoms with Crippen LogP contribution in [0.1, 0.15) is 41.1 Å². The average Bonchev–Trinajstić information content (AvgIpc) is 3.37. The number of carbonyl (C=O) groups excluding carboxylic acids is 1. The van der Waals surface area contributed by atoms with E-state index in [1.54, 1.807) is 18.4 Å². The van der Waals surface area contributed by atoms with E-state index in [-0.39, 0.29) is 17.4 Å². The monoisotopic (exact) mass is 563 g/mol. The summed E-state index contributed by atoms with van der Waals surface area (Å²) < 4.78 is 11.1. The molecule has 2 fully saturated rings. The molecule has 3 aromatic rings. The van der Waals surface area contributed by atoms with Gasteiger partial charge in [-0.15, -0.1) is 0 Å². The fourth-order valence-corrected chi connectivity index (χ4v) is 6.13. The topological polar surface area (TPSA) is 161 Å². The first kappa shape index (κ1) is 27.9. The van der Waals surface area contributed by atoms with Crippen molar-refractivity contribution in [2.24, 2.45) is 16.6 Å². The quantitative estimate of drug-likeness (QED) is 0.209. The van der Waals surface area contributed by atoms with Crippen molar-refractivity contribution in [1.29, 1.82) is 5.41 Å². The van der Waals surface area contributed by atoms with Gasteiger partial charge in [0, 0.05) is 31.3 Å². The molecule has 1 aliphatic carbocycles. The Balaban J connectivity index is 0.000000162. The van der Waals surface area contributed by atoms with Crippen LogP contribution in [0, 0.1) is 5.41 Å². The lowest BCUT2D eigenvalue weighted by Crippen LogP contribution is -2.36. The minimum atomic E-state index is -0.886. The van der Waals surface area contributed by atoms with E-state index in [0.717, 1.165) is 64.9 Å². The average molecular weight is 564 g/mol. The van der Waals surface area contributed by atoms with Crippen molar-refractivity contribution in [3.05, 3.63) is 76.4 Å². The van der Waals surface area contributed by atoms with Gasteiger partial charge in [0.25, 0.3) is 11.8 Å². The van der Waals surface area contributed by atoms with Crippen LogP contribution in [0.25, 0.3) is 0 Å². The molecule has 12 heteroatoms. The first-order chi connectivity index (χ1) is 19.5. The van der Waals surface area contributed by atoms with Crippen LogP contribution >= 0.6 is 11.3 Å². The third-order valence-electron chi connectivity index (χ3n) is 7.21. The number of aliphatic imine (C=N–C) groups is 1. The highest BCUT2D eigenvalue weighted by atomic mass is 32.1. The maximum absolute atomic E-state index is 11.8. The highest BCUT2D eigenvalue weighted by Gasteiger charge is 2.43. The number of amides is 1. The largest absolute Gasteiger partial charge is 0.389 e. The summed E-state index contributed by atoms with van der Waals surface area (Å²) in [5, 5.41) is 12.5. The van der Waals surface area contributed by atoms with E-state index in [0.29, 0.717) is 18.9 Å². The summed E-state index contributed by atoms with van der Waals surface area (Å²) in [5.41, 5.74) is 9.30. The molecule has 1 aromatic heterocycles. The van der Waals surface area contributed by atoms with Gasteiger partial charge in [0.05, 0.1) is 24.6 Å². The standard InChI is InChI=1S/C15H13N3O.C13H20N4O3S/c16-14-15(19)17-12-9-5-4-8-11(12)13(18-14)10-6-2-1-3-7-10;1-18-13(3-2-4-13)12-16-9(10(14)20-15)11(21-12)17-5-7-19-8-6-17/h1-9,14H,16H2,(H,17,19);14H,2-8,15H2,1H3. The van der Waals surface area contributed by atoms with E-state index in [1.807, 2.05) is 54.6 Å². The van der Waals surface area contributed by atoms with Crippen LogP contribution in [0.15, 0.2) is 59.6 Å². The first-order valence-electron chi connectivity index (χ1n) is 13.1. The Morgan fingerprint density at radius 2 is 1.85 bits per heavy atom. The molecule has 3 heterocycles. The van der Waals surface area contributed by atoms with Gasteiger partial charge in [0.1, 0.15) is 15.6 Å². The van der Waals surface area contributed by atoms with E-state index < -0.39 is 6.17 Å². The third kappa shape index (κ3) is 5.62. The van der Waals surface area contributed by atoms with E-state index in [1.165, 1.54) is 0 Å². The number of rotatable bonds is 5. The minimum Gasteiger partial charge on any atom is -0.389 e. The number of fused-ring (bicyclic) bond motifs is 1. The third-order valence-corrected chi connectivity index (χ3v) is 8.51. The number of hydrogen-bond donors (Lipinski definition) is 4. The molecule has 40 heavy (non-hydrogen) atoms. The predicted octanol–water partition coefficient (Wildman–Crippen LogP) is 2.98. The number of nitrogens with two attached hydrogens (primary N) is 2. The molecular weight excluding hydrogens is 530 g/mol. The van der Waals surface area contributed by atoms with Crippen molar-refractivity contribution < 1.29 is 19.1 Å². The second kappa shape index (κ2) is 12.2. The van der Waals surface area contributed by atoms with Gasteiger partial charge in [-0.1, -0.05) is 59.9 Å². The van der Waals surface area contributed by atoms with Gasteiger partial charge in [-0.2, -0.15) is 5.90 Å². The molecule has 1 amide bonds. The molecule has 6 N–H and O–H groups in total. The highest BCUT2D eigenvalue weighted by Crippen LogP contribution is 2.48. The number of hydrogen-bond acceptors (Lipinski definition) is 11. The summed E-state index contributed by atoms with van der Waals surface area (Å²) in [6.07, 6.45) is 2.19. The number of nitrogens with one attached hydrogen (secondary N) is 2. The van der Waals surface area contributed by atoms with Crippen molar-refractivity contribution in [1.82, 2.24) is 4.98 Å². The Hall–Kier alpha value is -3.68. The number of morpholine rings is 1. The molecule has 1 saturated carbocycles. The van der Waals surface area contributed by atoms with Crippen molar-refractivity contribution >= 4 is 39.5 Å². The fourth-order valence-electron chi connectivity index (χ4n) is 4.79. The van der Waals surface area contributed by atoms with Crippen molar-refractivity contribution in [2.45, 2.75) is 31.0 Å². The summed E-state index contributed by atoms with van der Waals surface area (Å²) in [7, 11) is 1.72. The summed E-state index contributed by atoms with van der Waals surface area (Å²) >= 11 is 1.57. The van der Waals surface area contributed by atoms with E-state index in [9.17, 15) is 4.79 Å². The molecule has 0 radical (unpaired) electrons. The summed E-state index contributed by atoms with van der Waals surface area (Å²) in [6, 6.07) is 17.3. The SMILES string of the molecule is COC1(c2nc(C(=N)ON)c(N3CCOCC3)s2)CCC1.NC1N=C(c2ccccc2)c2ccccc2NC1=O. The second-order valence-corrected chi connectivity index (χ2v) is 10.6. The lowest BCUT2D eigenvalue weighted by molar-refractivity contribution is -0.117. The van der Waals surface area contributed by atoms with Crippen LogP contribution in [-0.2, 0) is 24.7 Å². The zero-order valence-corrected chi connectivity index (χ0v) is 23.1. The number of para-hydroxylation sites is 1. The van der Waals surface area contributed by atoms with E-state index >= 15 is 0 Å². The molecule has 0 spiro atoms. The first-order valence-corrected chi connectivity index (χ1v) is 13.9. The number of benzene rings is 2. The molecule has 210 valence electrons. The van der Waals surface area contributed by atoms with E-state index in [2.05, 4.69) is 25.0 Å². The molecule has 2 aliphatic heterocycles. The second-order valence-electron chi connectivity index (χ2n) is 9.59. The Morgan fingerprint density at radius 1 is 1.15 bits per heavy atom. The van der Waals surface area contributed by atoms with Crippen LogP contribution in [0.4, 0.5) is 10.7 Å². The number of methoxy groups -OCH3 is 1. The summed E-state index contributed by atoms with van der Waals surface area (Å²) in [6.45, 7) is 2.93. The van der Waals surface area contributed by atoms with Crippen LogP contribution in [-0.4, -0.2) is 62.1 Å². The Kier molecular flexibility index (Phi) is 8.52. The molecule has 1 saturated heterocycles. The predicted molar refractivity (Wildman–Crippen MR) is 155 cm³/mol. The normalized spacial score (nSPS) is 19.6. The summed E-state index contributed by atoms with van der Waals surface area (Å²) in [5.74, 6) is 4.77. The minimum absolute atomic E-state index is 0.107. The highest BCUT2D eigenvalue weighted by molar-refractivity contribution is 7.16. The molecule has 11 nitrogen and oxygen atoms in total. The molecule has 3 aliphatic rings. The van der Waals surface area contributed by atoms with Gasteiger partial charge in [-0.3, -0.25) is 15.2 Å². The zero-order chi connectivity index (χ0) is 28.1. The fraction of sp³-hybridized carbons (Fsp3) is 0.357. The van der Waals surface area contributed by atoms with E-state index in [4.69, 9.17) is 26.5 Å². The van der Waals surface area contributed by atoms with Crippen LogP contribution in [0.2, 0.25) is 0 Å². The van der Waals surface area contributed by atoms with Gasteiger partial charge >= 0.3 is 0 Å². The maximum atomic E-state index is 11.8. The Morgan fingerprint density at radius 3 is 2.50 bits per heavy atom. The van der Waals surface area contributed by atoms with Crippen molar-refractivity contribution in [2.75, 3.05) is 43.6 Å². The zero-order valence-electron chi connectivity index (χ0n) is 22.3. The van der Waals surface area contributed by atoms with Crippen LogP contribution in [0.3, 0.4) is 0 Å². The Bertz CT molecular complexity index is 1380. The number of benzodiazepines with no additional fused rings is 1. The number of ether oxygens (including phenoxy) is 2. The van der Waals surface area contributed by atoms with Gasteiger partial charge in [0.2, 0.25) is 0 Å². The molecule has 0 bridgehead atoms. The van der Waals surface area contributed by atoms with Crippen LogP contribution < -0.4 is 21.8 Å². The number of thiazole rings is 1. The van der Waals surface area contributed by atoms with Gasteiger partial charge < -0.3 is 30.3 Å². The number of anilines is 2. The number of nitrogens with zero attached hydrogens (tertiary/aromatic N) is 3. The van der Waals surface area contributed by atoms with Crippen molar-refractivity contribution in [3.8, 4) is 0 Å². The lowest BCUT2D eigenvalue weighted by Gasteiger charge is -2.38. The molecule has 6 rings (SSSR count). The molecule has 1 unspecified atom stereocenters. The Labute approximate surface area is 236 Å². The molecular formula is C28H33N7O4S. The van der Waals surface area contributed by atoms with Crippen molar-refractivity contribution in [3.63, 3.8) is 0 Å². The molecule has 2 aromatic carbocycles. The smallest absolute Gasteiger partial charge is 0.263 e. The van der Waals surface area contributed by atoms with Crippen LogP contribution in [0.5, 0.6) is 0 Å².